The van der Waals surface area contributed by atoms with Gasteiger partial charge in [-0.1, -0.05) is 17.7 Å². The van der Waals surface area contributed by atoms with E-state index in [9.17, 15) is 0 Å². The lowest BCUT2D eigenvalue weighted by Gasteiger charge is -2.18. The van der Waals surface area contributed by atoms with E-state index in [4.69, 9.17) is 23.2 Å². The lowest BCUT2D eigenvalue weighted by molar-refractivity contribution is 0.350. The fourth-order valence-corrected chi connectivity index (χ4v) is 3.83. The van der Waals surface area contributed by atoms with E-state index in [0.29, 0.717) is 5.88 Å². The molecule has 0 amide bonds. The van der Waals surface area contributed by atoms with Crippen LogP contribution in [0.1, 0.15) is 31.5 Å². The Morgan fingerprint density at radius 2 is 1.90 bits per heavy atom. The maximum atomic E-state index is 6.27. The SMILES string of the molecule is ClCc1nc2c(Cl)cccc2n1CC(C1CC1)C1CC1. The van der Waals surface area contributed by atoms with E-state index in [1.165, 1.54) is 25.7 Å². The van der Waals surface area contributed by atoms with Gasteiger partial charge in [0.05, 0.1) is 16.4 Å². The summed E-state index contributed by atoms with van der Waals surface area (Å²) in [5.74, 6) is 4.09. The second-order valence-corrected chi connectivity index (χ2v) is 6.89. The number of halogens is 2. The van der Waals surface area contributed by atoms with Gasteiger partial charge in [0.2, 0.25) is 0 Å². The van der Waals surface area contributed by atoms with Gasteiger partial charge in [-0.25, -0.2) is 4.98 Å². The van der Waals surface area contributed by atoms with E-state index in [0.717, 1.165) is 46.2 Å². The second-order valence-electron chi connectivity index (χ2n) is 6.22. The van der Waals surface area contributed by atoms with Gasteiger partial charge >= 0.3 is 0 Å². The maximum Gasteiger partial charge on any atom is 0.124 e. The molecule has 0 radical (unpaired) electrons. The first-order valence-electron chi connectivity index (χ1n) is 7.47. The smallest absolute Gasteiger partial charge is 0.124 e. The molecule has 0 bridgehead atoms. The number of aromatic nitrogens is 2. The monoisotopic (exact) mass is 308 g/mol. The zero-order valence-electron chi connectivity index (χ0n) is 11.4. The number of rotatable bonds is 5. The van der Waals surface area contributed by atoms with Crippen LogP contribution in [-0.2, 0) is 12.4 Å². The molecule has 20 heavy (non-hydrogen) atoms. The first-order valence-corrected chi connectivity index (χ1v) is 8.38. The third-order valence-electron chi connectivity index (χ3n) is 4.78. The summed E-state index contributed by atoms with van der Waals surface area (Å²) in [4.78, 5) is 4.64. The molecule has 2 aromatic rings. The van der Waals surface area contributed by atoms with Crippen molar-refractivity contribution in [1.82, 2.24) is 9.55 Å². The summed E-state index contributed by atoms with van der Waals surface area (Å²) in [5, 5.41) is 0.724. The first-order chi connectivity index (χ1) is 9.78. The normalized spacial score (nSPS) is 19.1. The molecule has 2 nitrogen and oxygen atoms in total. The molecule has 4 rings (SSSR count). The molecule has 0 saturated heterocycles. The summed E-state index contributed by atoms with van der Waals surface area (Å²) in [7, 11) is 0. The van der Waals surface area contributed by atoms with Crippen molar-refractivity contribution in [1.29, 1.82) is 0 Å². The van der Waals surface area contributed by atoms with Gasteiger partial charge in [0, 0.05) is 6.54 Å². The van der Waals surface area contributed by atoms with Crippen LogP contribution in [0, 0.1) is 17.8 Å². The number of para-hydroxylation sites is 1. The maximum absolute atomic E-state index is 6.27. The third kappa shape index (κ3) is 2.23. The molecule has 2 saturated carbocycles. The molecule has 2 aliphatic carbocycles. The van der Waals surface area contributed by atoms with Gasteiger partial charge in [-0.2, -0.15) is 0 Å². The number of hydrogen-bond donors (Lipinski definition) is 0. The Morgan fingerprint density at radius 3 is 2.50 bits per heavy atom. The number of hydrogen-bond acceptors (Lipinski definition) is 1. The summed E-state index contributed by atoms with van der Waals surface area (Å²) in [6.45, 7) is 1.06. The van der Waals surface area contributed by atoms with Crippen LogP contribution in [0.15, 0.2) is 18.2 Å². The molecule has 4 heteroatoms. The molecule has 1 aromatic heterocycles. The molecule has 1 heterocycles. The van der Waals surface area contributed by atoms with E-state index in [2.05, 4.69) is 15.6 Å². The molecule has 0 unspecified atom stereocenters. The van der Waals surface area contributed by atoms with Crippen LogP contribution in [0.3, 0.4) is 0 Å². The van der Waals surface area contributed by atoms with Crippen LogP contribution in [0.4, 0.5) is 0 Å². The van der Waals surface area contributed by atoms with E-state index in [1.807, 2.05) is 12.1 Å². The van der Waals surface area contributed by atoms with Crippen molar-refractivity contribution in [3.8, 4) is 0 Å². The fourth-order valence-electron chi connectivity index (χ4n) is 3.41. The molecule has 106 valence electrons. The summed E-state index contributed by atoms with van der Waals surface area (Å²) >= 11 is 12.4. The Balaban J connectivity index is 1.75. The van der Waals surface area contributed by atoms with Gasteiger partial charge in [-0.15, -0.1) is 11.6 Å². The lowest BCUT2D eigenvalue weighted by atomic mass is 9.98. The Bertz CT molecular complexity index is 629. The summed E-state index contributed by atoms with van der Waals surface area (Å²) < 4.78 is 2.32. The van der Waals surface area contributed by atoms with Crippen molar-refractivity contribution in [3.63, 3.8) is 0 Å². The number of alkyl halides is 1. The zero-order valence-corrected chi connectivity index (χ0v) is 12.9. The molecular formula is C16H18Cl2N2. The van der Waals surface area contributed by atoms with Crippen LogP contribution in [0.5, 0.6) is 0 Å². The highest BCUT2D eigenvalue weighted by molar-refractivity contribution is 6.35. The van der Waals surface area contributed by atoms with E-state index in [1.54, 1.807) is 0 Å². The second kappa shape index (κ2) is 4.92. The predicted octanol–water partition coefficient (Wildman–Crippen LogP) is 4.86. The van der Waals surface area contributed by atoms with Gasteiger partial charge in [0.1, 0.15) is 11.3 Å². The zero-order chi connectivity index (χ0) is 13.7. The standard InChI is InChI=1S/C16H18Cl2N2/c17-8-15-19-16-13(18)2-1-3-14(16)20(15)9-12(10-4-5-10)11-6-7-11/h1-3,10-12H,4-9H2. The van der Waals surface area contributed by atoms with Crippen LogP contribution in [-0.4, -0.2) is 9.55 Å². The molecule has 2 aliphatic rings. The third-order valence-corrected chi connectivity index (χ3v) is 5.32. The van der Waals surface area contributed by atoms with Gasteiger partial charge < -0.3 is 4.57 Å². The first kappa shape index (κ1) is 13.0. The van der Waals surface area contributed by atoms with Gasteiger partial charge in [0.15, 0.2) is 0 Å². The fraction of sp³-hybridized carbons (Fsp3) is 0.562. The van der Waals surface area contributed by atoms with Gasteiger partial charge in [0.25, 0.3) is 0 Å². The van der Waals surface area contributed by atoms with Crippen LogP contribution < -0.4 is 0 Å². The minimum Gasteiger partial charge on any atom is -0.327 e. The van der Waals surface area contributed by atoms with Crippen molar-refractivity contribution >= 4 is 34.2 Å². The summed E-state index contributed by atoms with van der Waals surface area (Å²) in [6.07, 6.45) is 5.63. The number of benzene rings is 1. The Kier molecular flexibility index (Phi) is 3.19. The van der Waals surface area contributed by atoms with Crippen molar-refractivity contribution in [3.05, 3.63) is 29.0 Å². The molecule has 2 fully saturated rings. The Hall–Kier alpha value is -0.730. The molecule has 0 aliphatic heterocycles. The highest BCUT2D eigenvalue weighted by atomic mass is 35.5. The van der Waals surface area contributed by atoms with Crippen molar-refractivity contribution < 1.29 is 0 Å². The van der Waals surface area contributed by atoms with Crippen molar-refractivity contribution in [2.75, 3.05) is 0 Å². The highest BCUT2D eigenvalue weighted by Crippen LogP contribution is 2.50. The van der Waals surface area contributed by atoms with Gasteiger partial charge in [-0.3, -0.25) is 0 Å². The minimum absolute atomic E-state index is 0.451. The molecule has 0 atom stereocenters. The Morgan fingerprint density at radius 1 is 1.20 bits per heavy atom. The lowest BCUT2D eigenvalue weighted by Crippen LogP contribution is -2.16. The summed E-state index contributed by atoms with van der Waals surface area (Å²) in [6, 6.07) is 6.02. The molecule has 0 spiro atoms. The minimum atomic E-state index is 0.451. The van der Waals surface area contributed by atoms with Crippen molar-refractivity contribution in [2.24, 2.45) is 17.8 Å². The molecule has 0 N–H and O–H groups in total. The number of nitrogens with zero attached hydrogens (tertiary/aromatic N) is 2. The Labute approximate surface area is 129 Å². The van der Waals surface area contributed by atoms with Crippen LogP contribution in [0.2, 0.25) is 5.02 Å². The molecular weight excluding hydrogens is 291 g/mol. The largest absolute Gasteiger partial charge is 0.327 e. The quantitative estimate of drug-likeness (QED) is 0.721. The van der Waals surface area contributed by atoms with E-state index in [-0.39, 0.29) is 0 Å². The highest BCUT2D eigenvalue weighted by Gasteiger charge is 2.41. The van der Waals surface area contributed by atoms with E-state index >= 15 is 0 Å². The average molecular weight is 309 g/mol. The van der Waals surface area contributed by atoms with Crippen molar-refractivity contribution in [2.45, 2.75) is 38.1 Å². The average Bonchev–Trinajstić information content (AvgIpc) is 3.34. The van der Waals surface area contributed by atoms with Crippen LogP contribution in [0.25, 0.3) is 11.0 Å². The molecule has 1 aromatic carbocycles. The number of imidazole rings is 1. The number of fused-ring (bicyclic) bond motifs is 1. The topological polar surface area (TPSA) is 17.8 Å². The van der Waals surface area contributed by atoms with E-state index < -0.39 is 0 Å². The predicted molar refractivity (Wildman–Crippen MR) is 83.2 cm³/mol. The van der Waals surface area contributed by atoms with Gasteiger partial charge in [-0.05, 0) is 55.6 Å². The van der Waals surface area contributed by atoms with Crippen LogP contribution >= 0.6 is 23.2 Å². The summed E-state index contributed by atoms with van der Waals surface area (Å²) in [5.41, 5.74) is 2.04.